The first kappa shape index (κ1) is 28.8. The van der Waals surface area contributed by atoms with Crippen LogP contribution >= 0.6 is 11.8 Å². The predicted molar refractivity (Wildman–Crippen MR) is 131 cm³/mol. The summed E-state index contributed by atoms with van der Waals surface area (Å²) in [7, 11) is 0. The molecule has 36 heavy (non-hydrogen) atoms. The van der Waals surface area contributed by atoms with Crippen LogP contribution in [0.15, 0.2) is 25.0 Å². The Morgan fingerprint density at radius 3 is 2.06 bits per heavy atom. The average molecular weight is 525 g/mol. The second-order valence-corrected chi connectivity index (χ2v) is 9.12. The summed E-state index contributed by atoms with van der Waals surface area (Å²) in [6.45, 7) is 1.28. The Balaban J connectivity index is 2.06. The monoisotopic (exact) mass is 524 g/mol. The molecule has 9 N–H and O–H groups in total. The maximum Gasteiger partial charge on any atom is 0.326 e. The molecule has 5 atom stereocenters. The van der Waals surface area contributed by atoms with Crippen LogP contribution in [0.1, 0.15) is 24.7 Å². The topological polar surface area (TPSA) is 228 Å². The number of aliphatic carboxylic acids is 1. The van der Waals surface area contributed by atoms with Crippen molar-refractivity contribution in [2.75, 3.05) is 12.0 Å². The molecular formula is C21H32N8O6S. The number of carbonyl (C=O) groups is 4. The quantitative estimate of drug-likeness (QED) is 0.127. The highest BCUT2D eigenvalue weighted by Crippen LogP contribution is 2.06. The minimum atomic E-state index is -1.46. The van der Waals surface area contributed by atoms with Crippen LogP contribution in [-0.2, 0) is 32.0 Å². The molecule has 2 rings (SSSR count). The van der Waals surface area contributed by atoms with Gasteiger partial charge in [-0.15, -0.1) is 0 Å². The number of carboxylic acids is 1. The Labute approximate surface area is 211 Å². The molecule has 2 aromatic heterocycles. The third kappa shape index (κ3) is 8.98. The molecule has 0 saturated heterocycles. The number of hydrogen-bond donors (Lipinski definition) is 8. The number of rotatable bonds is 15. The van der Waals surface area contributed by atoms with Crippen LogP contribution < -0.4 is 21.7 Å². The lowest BCUT2D eigenvalue weighted by atomic mass is 10.1. The van der Waals surface area contributed by atoms with Gasteiger partial charge in [-0.2, -0.15) is 11.8 Å². The van der Waals surface area contributed by atoms with Gasteiger partial charge in [0.05, 0.1) is 24.8 Å². The maximum absolute atomic E-state index is 13.0. The van der Waals surface area contributed by atoms with E-state index < -0.39 is 54.0 Å². The van der Waals surface area contributed by atoms with E-state index in [-0.39, 0.29) is 19.3 Å². The zero-order chi connectivity index (χ0) is 26.7. The molecule has 0 aliphatic heterocycles. The number of carboxylic acid groups (broad SMARTS) is 1. The molecule has 14 nitrogen and oxygen atoms in total. The Kier molecular flexibility index (Phi) is 11.4. The molecule has 0 aliphatic rings. The number of aromatic nitrogens is 4. The van der Waals surface area contributed by atoms with Gasteiger partial charge in [-0.3, -0.25) is 14.4 Å². The Bertz CT molecular complexity index is 985. The first-order valence-electron chi connectivity index (χ1n) is 11.1. The van der Waals surface area contributed by atoms with Gasteiger partial charge in [-0.05, 0) is 25.4 Å². The fraction of sp³-hybridized carbons (Fsp3) is 0.524. The molecule has 198 valence electrons. The van der Waals surface area contributed by atoms with Gasteiger partial charge in [-0.25, -0.2) is 14.8 Å². The van der Waals surface area contributed by atoms with Crippen molar-refractivity contribution in [2.24, 2.45) is 5.73 Å². The third-order valence-corrected chi connectivity index (χ3v) is 5.88. The maximum atomic E-state index is 13.0. The molecular weight excluding hydrogens is 492 g/mol. The number of H-pyrrole nitrogens is 2. The Morgan fingerprint density at radius 1 is 0.972 bits per heavy atom. The molecule has 0 aromatic carbocycles. The smallest absolute Gasteiger partial charge is 0.326 e. The molecule has 0 bridgehead atoms. The third-order valence-electron chi connectivity index (χ3n) is 5.23. The molecule has 5 unspecified atom stereocenters. The summed E-state index contributed by atoms with van der Waals surface area (Å²) in [6, 6.07) is -4.78. The SMILES string of the molecule is CSCCC(NC(=O)C(N)Cc1cnc[nH]1)C(=O)NC(C(=O)NC(Cc1cnc[nH]1)C(=O)O)C(C)O. The Morgan fingerprint density at radius 2 is 1.56 bits per heavy atom. The first-order chi connectivity index (χ1) is 17.1. The van der Waals surface area contributed by atoms with Gasteiger partial charge in [0.15, 0.2) is 0 Å². The minimum Gasteiger partial charge on any atom is -0.480 e. The van der Waals surface area contributed by atoms with E-state index in [0.29, 0.717) is 17.1 Å². The van der Waals surface area contributed by atoms with Crippen LogP contribution in [0.5, 0.6) is 0 Å². The number of aliphatic hydroxyl groups excluding tert-OH is 1. The number of nitrogens with two attached hydrogens (primary N) is 1. The molecule has 0 radical (unpaired) electrons. The number of carbonyl (C=O) groups excluding carboxylic acids is 3. The number of nitrogens with one attached hydrogen (secondary N) is 5. The number of imidazole rings is 2. The van der Waals surface area contributed by atoms with E-state index in [1.807, 2.05) is 6.26 Å². The van der Waals surface area contributed by atoms with Crippen molar-refractivity contribution in [3.8, 4) is 0 Å². The summed E-state index contributed by atoms with van der Waals surface area (Å²) in [5.74, 6) is -2.96. The minimum absolute atomic E-state index is 0.0812. The van der Waals surface area contributed by atoms with Gasteiger partial charge in [0.2, 0.25) is 17.7 Å². The zero-order valence-electron chi connectivity index (χ0n) is 19.9. The molecule has 0 fully saturated rings. The number of thioether (sulfide) groups is 1. The van der Waals surface area contributed by atoms with Crippen LogP contribution in [0.2, 0.25) is 0 Å². The van der Waals surface area contributed by atoms with Gasteiger partial charge in [-0.1, -0.05) is 0 Å². The molecule has 0 spiro atoms. The summed E-state index contributed by atoms with van der Waals surface area (Å²) in [4.78, 5) is 63.3. The number of aliphatic hydroxyl groups is 1. The Hall–Kier alpha value is -3.43. The predicted octanol–water partition coefficient (Wildman–Crippen LogP) is -2.08. The van der Waals surface area contributed by atoms with Crippen molar-refractivity contribution in [1.29, 1.82) is 0 Å². The van der Waals surface area contributed by atoms with Gasteiger partial charge >= 0.3 is 5.97 Å². The lowest BCUT2D eigenvalue weighted by Crippen LogP contribution is -2.60. The van der Waals surface area contributed by atoms with Crippen molar-refractivity contribution in [3.05, 3.63) is 36.4 Å². The molecule has 3 amide bonds. The normalized spacial score (nSPS) is 15.2. The van der Waals surface area contributed by atoms with Crippen LogP contribution in [0.25, 0.3) is 0 Å². The van der Waals surface area contributed by atoms with E-state index in [4.69, 9.17) is 5.73 Å². The fourth-order valence-electron chi connectivity index (χ4n) is 3.25. The second kappa shape index (κ2) is 14.2. The number of hydrogen-bond acceptors (Lipinski definition) is 9. The zero-order valence-corrected chi connectivity index (χ0v) is 20.7. The second-order valence-electron chi connectivity index (χ2n) is 8.14. The van der Waals surface area contributed by atoms with Gasteiger partial charge in [0.25, 0.3) is 0 Å². The average Bonchev–Trinajstić information content (AvgIpc) is 3.53. The van der Waals surface area contributed by atoms with E-state index in [1.54, 1.807) is 0 Å². The highest BCUT2D eigenvalue weighted by molar-refractivity contribution is 7.98. The molecule has 0 aliphatic carbocycles. The van der Waals surface area contributed by atoms with E-state index in [2.05, 4.69) is 35.9 Å². The van der Waals surface area contributed by atoms with Crippen molar-refractivity contribution >= 4 is 35.5 Å². The number of aromatic amines is 2. The summed E-state index contributed by atoms with van der Waals surface area (Å²) in [5.41, 5.74) is 7.09. The molecule has 0 saturated carbocycles. The van der Waals surface area contributed by atoms with E-state index >= 15 is 0 Å². The summed E-state index contributed by atoms with van der Waals surface area (Å²) < 4.78 is 0. The van der Waals surface area contributed by atoms with Crippen LogP contribution in [-0.4, -0.2) is 96.1 Å². The molecule has 2 heterocycles. The van der Waals surface area contributed by atoms with Crippen molar-refractivity contribution in [1.82, 2.24) is 35.9 Å². The lowest BCUT2D eigenvalue weighted by molar-refractivity contribution is -0.143. The van der Waals surface area contributed by atoms with Crippen molar-refractivity contribution in [2.45, 2.75) is 56.5 Å². The standard InChI is InChI=1S/C21H32N8O6S/c1-11(30)17(20(33)28-16(21(34)35)6-13-8-24-10-26-13)29-19(32)15(3-4-36-2)27-18(31)14(22)5-12-7-23-9-25-12/h7-11,14-17,30H,3-6,22H2,1-2H3,(H,23,25)(H,24,26)(H,27,31)(H,28,33)(H,29,32)(H,34,35). The van der Waals surface area contributed by atoms with Crippen LogP contribution in [0.4, 0.5) is 0 Å². The number of amides is 3. The van der Waals surface area contributed by atoms with Crippen molar-refractivity contribution in [3.63, 3.8) is 0 Å². The fourth-order valence-corrected chi connectivity index (χ4v) is 3.72. The van der Waals surface area contributed by atoms with Crippen LogP contribution in [0.3, 0.4) is 0 Å². The summed E-state index contributed by atoms with van der Waals surface area (Å²) in [5, 5.41) is 27.0. The number of nitrogens with zero attached hydrogens (tertiary/aromatic N) is 2. The van der Waals surface area contributed by atoms with Gasteiger partial charge < -0.3 is 41.9 Å². The molecule has 2 aromatic rings. The van der Waals surface area contributed by atoms with Crippen LogP contribution in [0, 0.1) is 0 Å². The van der Waals surface area contributed by atoms with E-state index in [9.17, 15) is 29.4 Å². The lowest BCUT2D eigenvalue weighted by Gasteiger charge is -2.26. The highest BCUT2D eigenvalue weighted by atomic mass is 32.2. The highest BCUT2D eigenvalue weighted by Gasteiger charge is 2.32. The molecule has 15 heteroatoms. The van der Waals surface area contributed by atoms with E-state index in [1.165, 1.54) is 43.7 Å². The summed E-state index contributed by atoms with van der Waals surface area (Å²) in [6.07, 6.45) is 6.60. The van der Waals surface area contributed by atoms with E-state index in [0.717, 1.165) is 0 Å². The first-order valence-corrected chi connectivity index (χ1v) is 12.5. The largest absolute Gasteiger partial charge is 0.480 e. The summed E-state index contributed by atoms with van der Waals surface area (Å²) >= 11 is 1.45. The van der Waals surface area contributed by atoms with Gasteiger partial charge in [0, 0.05) is 36.6 Å². The van der Waals surface area contributed by atoms with Gasteiger partial charge in [0.1, 0.15) is 18.1 Å². The van der Waals surface area contributed by atoms with Crippen molar-refractivity contribution < 1.29 is 29.4 Å².